The fraction of sp³-hybridized carbons (Fsp3) is 0.207. The zero-order valence-electron chi connectivity index (χ0n) is 21.4. The van der Waals surface area contributed by atoms with Crippen molar-refractivity contribution in [2.24, 2.45) is 0 Å². The van der Waals surface area contributed by atoms with Gasteiger partial charge in [0.25, 0.3) is 11.8 Å². The number of rotatable bonds is 7. The summed E-state index contributed by atoms with van der Waals surface area (Å²) in [7, 11) is -3.47. The van der Waals surface area contributed by atoms with Crippen LogP contribution in [0.25, 0.3) is 11.0 Å². The maximum Gasteiger partial charge on any atom is 0.326 e. The van der Waals surface area contributed by atoms with E-state index in [1.807, 2.05) is 12.1 Å². The molecular weight excluding hydrogens is 556 g/mol. The molecule has 0 bridgehead atoms. The van der Waals surface area contributed by atoms with Crippen molar-refractivity contribution in [1.82, 2.24) is 10.2 Å². The molecule has 0 fully saturated rings. The lowest BCUT2D eigenvalue weighted by molar-refractivity contribution is -0.139. The third kappa shape index (κ3) is 5.73. The smallest absolute Gasteiger partial charge is 0.326 e. The summed E-state index contributed by atoms with van der Waals surface area (Å²) < 4.78 is 29.1. The Kier molecular flexibility index (Phi) is 7.39. The number of fused-ring (bicyclic) bond motifs is 2. The van der Waals surface area contributed by atoms with E-state index in [-0.39, 0.29) is 27.8 Å². The fourth-order valence-corrected chi connectivity index (χ4v) is 5.74. The second kappa shape index (κ2) is 10.8. The molecule has 11 heteroatoms. The van der Waals surface area contributed by atoms with Gasteiger partial charge < -0.3 is 19.7 Å². The molecule has 2 amide bonds. The minimum Gasteiger partial charge on any atom is -0.480 e. The number of hydrogen-bond donors (Lipinski definition) is 2. The number of benzene rings is 3. The van der Waals surface area contributed by atoms with Crippen molar-refractivity contribution in [1.29, 1.82) is 0 Å². The third-order valence-electron chi connectivity index (χ3n) is 6.91. The van der Waals surface area contributed by atoms with Gasteiger partial charge in [0.2, 0.25) is 0 Å². The molecule has 206 valence electrons. The Labute approximate surface area is 235 Å². The Bertz CT molecular complexity index is 1760. The van der Waals surface area contributed by atoms with E-state index in [0.717, 1.165) is 22.8 Å². The molecule has 1 aliphatic heterocycles. The number of carboxylic acids is 1. The zero-order valence-corrected chi connectivity index (χ0v) is 23.0. The van der Waals surface area contributed by atoms with Crippen LogP contribution in [0.5, 0.6) is 0 Å². The average Bonchev–Trinajstić information content (AvgIpc) is 3.39. The molecule has 0 radical (unpaired) electrons. The predicted octanol–water partition coefficient (Wildman–Crippen LogP) is 4.11. The van der Waals surface area contributed by atoms with E-state index in [1.54, 1.807) is 41.5 Å². The summed E-state index contributed by atoms with van der Waals surface area (Å²) in [6.07, 6.45) is 3.01. The van der Waals surface area contributed by atoms with Gasteiger partial charge in [0.15, 0.2) is 9.84 Å². The molecule has 5 rings (SSSR count). The highest BCUT2D eigenvalue weighted by molar-refractivity contribution is 7.90. The van der Waals surface area contributed by atoms with E-state index in [4.69, 9.17) is 16.0 Å². The number of halogens is 1. The summed E-state index contributed by atoms with van der Waals surface area (Å²) in [6, 6.07) is 15.0. The lowest BCUT2D eigenvalue weighted by Gasteiger charge is -2.29. The second-order valence-corrected chi connectivity index (χ2v) is 12.2. The van der Waals surface area contributed by atoms with E-state index in [1.165, 1.54) is 18.2 Å². The zero-order chi connectivity index (χ0) is 28.6. The number of aliphatic carboxylic acids is 1. The van der Waals surface area contributed by atoms with E-state index in [0.29, 0.717) is 36.2 Å². The first-order valence-corrected chi connectivity index (χ1v) is 14.7. The molecule has 9 nitrogen and oxygen atoms in total. The van der Waals surface area contributed by atoms with Gasteiger partial charge in [0, 0.05) is 36.7 Å². The van der Waals surface area contributed by atoms with E-state index in [2.05, 4.69) is 5.32 Å². The number of hydrogen-bond acceptors (Lipinski definition) is 6. The maximum absolute atomic E-state index is 13.1. The van der Waals surface area contributed by atoms with Crippen LogP contribution in [0.3, 0.4) is 0 Å². The molecule has 4 aromatic rings. The number of furan rings is 1. The van der Waals surface area contributed by atoms with Crippen molar-refractivity contribution >= 4 is 50.2 Å². The first-order chi connectivity index (χ1) is 19.0. The molecular formula is C29H25ClN2O7S. The van der Waals surface area contributed by atoms with Crippen LogP contribution >= 0.6 is 11.6 Å². The quantitative estimate of drug-likeness (QED) is 0.336. The third-order valence-corrected chi connectivity index (χ3v) is 8.33. The predicted molar refractivity (Wildman–Crippen MR) is 148 cm³/mol. The first kappa shape index (κ1) is 27.4. The standard InChI is InChI=1S/C29H25ClN2O7S/c1-40(37,38)22-4-2-3-17(11-22)12-25(29(35)36)31-27(33)23-13-19-7-9-32(16-21(19)14-24(23)30)28(34)20-6-5-18-8-10-39-26(18)15-20/h2-6,8,10-11,13-15,25H,7,9,12,16H2,1H3,(H,31,33)(H,35,36). The molecule has 3 aromatic carbocycles. The number of carboxylic acid groups (broad SMARTS) is 1. The molecule has 2 heterocycles. The van der Waals surface area contributed by atoms with Crippen LogP contribution in [0.15, 0.2) is 76.2 Å². The van der Waals surface area contributed by atoms with Gasteiger partial charge in [-0.1, -0.05) is 29.8 Å². The monoisotopic (exact) mass is 580 g/mol. The highest BCUT2D eigenvalue weighted by Crippen LogP contribution is 2.28. The second-order valence-electron chi connectivity index (χ2n) is 9.74. The summed E-state index contributed by atoms with van der Waals surface area (Å²) in [5.74, 6) is -2.08. The van der Waals surface area contributed by atoms with Gasteiger partial charge in [0.1, 0.15) is 11.6 Å². The minimum absolute atomic E-state index is 0.0623. The van der Waals surface area contributed by atoms with Crippen LogP contribution in [0, 0.1) is 0 Å². The minimum atomic E-state index is -3.47. The molecule has 1 aromatic heterocycles. The van der Waals surface area contributed by atoms with Gasteiger partial charge in [-0.05, 0) is 65.6 Å². The number of carbonyl (C=O) groups excluding carboxylic acids is 2. The lowest BCUT2D eigenvalue weighted by Crippen LogP contribution is -2.42. The molecule has 1 aliphatic rings. The van der Waals surface area contributed by atoms with Crippen LogP contribution in [0.1, 0.15) is 37.4 Å². The summed E-state index contributed by atoms with van der Waals surface area (Å²) in [5, 5.41) is 13.3. The Morgan fingerprint density at radius 3 is 2.62 bits per heavy atom. The summed E-state index contributed by atoms with van der Waals surface area (Å²) >= 11 is 6.46. The average molecular weight is 581 g/mol. The molecule has 0 aliphatic carbocycles. The van der Waals surface area contributed by atoms with Crippen molar-refractivity contribution in [3.8, 4) is 0 Å². The van der Waals surface area contributed by atoms with E-state index < -0.39 is 27.8 Å². The van der Waals surface area contributed by atoms with Gasteiger partial charge in [-0.15, -0.1) is 0 Å². The lowest BCUT2D eigenvalue weighted by atomic mass is 9.96. The van der Waals surface area contributed by atoms with Crippen LogP contribution in [-0.4, -0.2) is 55.1 Å². The number of carbonyl (C=O) groups is 3. The molecule has 2 N–H and O–H groups in total. The largest absolute Gasteiger partial charge is 0.480 e. The van der Waals surface area contributed by atoms with Gasteiger partial charge in [-0.2, -0.15) is 0 Å². The molecule has 0 saturated heterocycles. The normalized spacial score (nSPS) is 14.0. The van der Waals surface area contributed by atoms with Gasteiger partial charge in [0.05, 0.1) is 21.7 Å². The highest BCUT2D eigenvalue weighted by atomic mass is 35.5. The van der Waals surface area contributed by atoms with Crippen LogP contribution < -0.4 is 5.32 Å². The van der Waals surface area contributed by atoms with Crippen molar-refractivity contribution in [3.05, 3.63) is 99.8 Å². The molecule has 40 heavy (non-hydrogen) atoms. The van der Waals surface area contributed by atoms with Crippen molar-refractivity contribution in [2.45, 2.75) is 30.3 Å². The highest BCUT2D eigenvalue weighted by Gasteiger charge is 2.27. The number of nitrogens with one attached hydrogen (secondary N) is 1. The Hall–Kier alpha value is -4.15. The molecule has 0 spiro atoms. The van der Waals surface area contributed by atoms with E-state index in [9.17, 15) is 27.9 Å². The molecule has 1 atom stereocenters. The molecule has 0 saturated carbocycles. The summed E-state index contributed by atoms with van der Waals surface area (Å²) in [5.41, 5.74) is 3.35. The summed E-state index contributed by atoms with van der Waals surface area (Å²) in [4.78, 5) is 39.9. The SMILES string of the molecule is CS(=O)(=O)c1cccc(CC(NC(=O)c2cc3c(cc2Cl)CN(C(=O)c2ccc4ccoc4c2)CC3)C(=O)O)c1. The molecule has 1 unspecified atom stereocenters. The van der Waals surface area contributed by atoms with Crippen LogP contribution in [-0.2, 0) is 34.0 Å². The Morgan fingerprint density at radius 2 is 1.88 bits per heavy atom. The van der Waals surface area contributed by atoms with Crippen molar-refractivity contribution < 1.29 is 32.3 Å². The Balaban J connectivity index is 1.31. The Morgan fingerprint density at radius 1 is 1.07 bits per heavy atom. The van der Waals surface area contributed by atoms with Gasteiger partial charge in [-0.3, -0.25) is 9.59 Å². The fourth-order valence-electron chi connectivity index (χ4n) is 4.77. The van der Waals surface area contributed by atoms with Crippen LogP contribution in [0.4, 0.5) is 0 Å². The van der Waals surface area contributed by atoms with Crippen molar-refractivity contribution in [2.75, 3.05) is 12.8 Å². The van der Waals surface area contributed by atoms with Crippen molar-refractivity contribution in [3.63, 3.8) is 0 Å². The van der Waals surface area contributed by atoms with Gasteiger partial charge in [-0.25, -0.2) is 13.2 Å². The number of amides is 2. The summed E-state index contributed by atoms with van der Waals surface area (Å²) in [6.45, 7) is 0.736. The topological polar surface area (TPSA) is 134 Å². The van der Waals surface area contributed by atoms with E-state index >= 15 is 0 Å². The van der Waals surface area contributed by atoms with Crippen LogP contribution in [0.2, 0.25) is 5.02 Å². The number of sulfone groups is 1. The first-order valence-electron chi connectivity index (χ1n) is 12.4. The van der Waals surface area contributed by atoms with Gasteiger partial charge >= 0.3 is 5.97 Å². The number of nitrogens with zero attached hydrogens (tertiary/aromatic N) is 1. The maximum atomic E-state index is 13.1.